The maximum atomic E-state index is 12.3. The van der Waals surface area contributed by atoms with Crippen LogP contribution in [0.25, 0.3) is 11.0 Å². The standard InChI is InChI=1S/C23H22O4/c1-14-6-9-20-19(12-22(25)27-23(20)15(14)2)13-26-21(24)11-16-7-8-17-4-3-5-18(17)10-16/h6-10,12H,3-5,11,13H2,1-2H3. The van der Waals surface area contributed by atoms with Crippen molar-refractivity contribution >= 4 is 16.9 Å². The first kappa shape index (κ1) is 17.5. The fourth-order valence-corrected chi connectivity index (χ4v) is 3.76. The van der Waals surface area contributed by atoms with E-state index in [4.69, 9.17) is 9.15 Å². The van der Waals surface area contributed by atoms with Gasteiger partial charge in [0.25, 0.3) is 0 Å². The normalized spacial score (nSPS) is 13.0. The lowest BCUT2D eigenvalue weighted by Crippen LogP contribution is -2.10. The van der Waals surface area contributed by atoms with Crippen molar-refractivity contribution in [2.24, 2.45) is 0 Å². The van der Waals surface area contributed by atoms with Crippen molar-refractivity contribution < 1.29 is 13.9 Å². The molecule has 0 radical (unpaired) electrons. The lowest BCUT2D eigenvalue weighted by molar-refractivity contribution is -0.144. The van der Waals surface area contributed by atoms with Gasteiger partial charge in [-0.2, -0.15) is 0 Å². The topological polar surface area (TPSA) is 56.5 Å². The van der Waals surface area contributed by atoms with Gasteiger partial charge in [0.15, 0.2) is 0 Å². The van der Waals surface area contributed by atoms with Crippen LogP contribution in [-0.4, -0.2) is 5.97 Å². The van der Waals surface area contributed by atoms with Crippen LogP contribution in [0.1, 0.15) is 39.8 Å². The Bertz CT molecular complexity index is 1090. The summed E-state index contributed by atoms with van der Waals surface area (Å²) in [5, 5.41) is 0.808. The first-order valence-corrected chi connectivity index (χ1v) is 9.30. The van der Waals surface area contributed by atoms with Crippen LogP contribution in [0.2, 0.25) is 0 Å². The van der Waals surface area contributed by atoms with Gasteiger partial charge in [-0.1, -0.05) is 30.3 Å². The third-order valence-electron chi connectivity index (χ3n) is 5.42. The number of carbonyl (C=O) groups excluding carboxylic acids is 1. The average Bonchev–Trinajstić information content (AvgIpc) is 3.11. The molecule has 1 aliphatic rings. The molecule has 0 spiro atoms. The van der Waals surface area contributed by atoms with E-state index in [0.717, 1.165) is 34.9 Å². The first-order valence-electron chi connectivity index (χ1n) is 9.30. The van der Waals surface area contributed by atoms with Crippen LogP contribution in [0, 0.1) is 13.8 Å². The molecule has 0 fully saturated rings. The Labute approximate surface area is 157 Å². The van der Waals surface area contributed by atoms with E-state index in [1.807, 2.05) is 32.0 Å². The Kier molecular flexibility index (Phi) is 4.56. The van der Waals surface area contributed by atoms with Crippen LogP contribution in [-0.2, 0) is 35.4 Å². The number of aryl methyl sites for hydroxylation is 4. The molecular formula is C23H22O4. The lowest BCUT2D eigenvalue weighted by atomic mass is 10.0. The van der Waals surface area contributed by atoms with E-state index in [-0.39, 0.29) is 19.0 Å². The van der Waals surface area contributed by atoms with Gasteiger partial charge < -0.3 is 9.15 Å². The van der Waals surface area contributed by atoms with E-state index in [9.17, 15) is 9.59 Å². The van der Waals surface area contributed by atoms with Gasteiger partial charge >= 0.3 is 11.6 Å². The highest BCUT2D eigenvalue weighted by atomic mass is 16.5. The minimum Gasteiger partial charge on any atom is -0.461 e. The largest absolute Gasteiger partial charge is 0.461 e. The summed E-state index contributed by atoms with van der Waals surface area (Å²) in [4.78, 5) is 24.2. The minimum atomic E-state index is -0.430. The second-order valence-corrected chi connectivity index (χ2v) is 7.27. The number of rotatable bonds is 4. The zero-order valence-corrected chi connectivity index (χ0v) is 15.6. The molecule has 0 amide bonds. The smallest absolute Gasteiger partial charge is 0.336 e. The van der Waals surface area contributed by atoms with Crippen LogP contribution in [0.15, 0.2) is 45.6 Å². The molecule has 1 aliphatic carbocycles. The van der Waals surface area contributed by atoms with E-state index in [1.54, 1.807) is 0 Å². The van der Waals surface area contributed by atoms with Crippen molar-refractivity contribution in [2.45, 2.75) is 46.1 Å². The summed E-state index contributed by atoms with van der Waals surface area (Å²) in [6, 6.07) is 11.5. The van der Waals surface area contributed by atoms with Crippen LogP contribution in [0.3, 0.4) is 0 Å². The van der Waals surface area contributed by atoms with E-state index in [1.165, 1.54) is 23.6 Å². The van der Waals surface area contributed by atoms with E-state index in [0.29, 0.717) is 11.1 Å². The molecule has 0 saturated heterocycles. The van der Waals surface area contributed by atoms with Crippen LogP contribution in [0.5, 0.6) is 0 Å². The number of hydrogen-bond donors (Lipinski definition) is 0. The number of benzene rings is 2. The van der Waals surface area contributed by atoms with Crippen molar-refractivity contribution in [3.05, 3.63) is 80.2 Å². The molecule has 3 aromatic rings. The van der Waals surface area contributed by atoms with Crippen LogP contribution in [0.4, 0.5) is 0 Å². The predicted molar refractivity (Wildman–Crippen MR) is 104 cm³/mol. The highest BCUT2D eigenvalue weighted by Gasteiger charge is 2.14. The summed E-state index contributed by atoms with van der Waals surface area (Å²) in [5.74, 6) is -0.293. The molecular weight excluding hydrogens is 340 g/mol. The van der Waals surface area contributed by atoms with Crippen molar-refractivity contribution in [1.29, 1.82) is 0 Å². The number of hydrogen-bond acceptors (Lipinski definition) is 4. The monoisotopic (exact) mass is 362 g/mol. The maximum absolute atomic E-state index is 12.3. The predicted octanol–water partition coefficient (Wildman–Crippen LogP) is 4.18. The van der Waals surface area contributed by atoms with Crippen molar-refractivity contribution in [1.82, 2.24) is 0 Å². The number of esters is 1. The third-order valence-corrected chi connectivity index (χ3v) is 5.42. The summed E-state index contributed by atoms with van der Waals surface area (Å²) in [5.41, 5.74) is 6.50. The van der Waals surface area contributed by atoms with Gasteiger partial charge in [-0.25, -0.2) is 4.79 Å². The molecule has 0 aliphatic heterocycles. The summed E-state index contributed by atoms with van der Waals surface area (Å²) in [6.07, 6.45) is 3.64. The van der Waals surface area contributed by atoms with Gasteiger partial charge in [0.1, 0.15) is 12.2 Å². The number of ether oxygens (including phenoxy) is 1. The van der Waals surface area contributed by atoms with Gasteiger partial charge in [0.05, 0.1) is 6.42 Å². The summed E-state index contributed by atoms with van der Waals surface area (Å²) in [7, 11) is 0. The average molecular weight is 362 g/mol. The van der Waals surface area contributed by atoms with Crippen molar-refractivity contribution in [3.8, 4) is 0 Å². The summed E-state index contributed by atoms with van der Waals surface area (Å²) < 4.78 is 10.8. The second-order valence-electron chi connectivity index (χ2n) is 7.27. The molecule has 0 atom stereocenters. The Balaban J connectivity index is 1.51. The molecule has 0 N–H and O–H groups in total. The fourth-order valence-electron chi connectivity index (χ4n) is 3.76. The molecule has 4 heteroatoms. The molecule has 4 nitrogen and oxygen atoms in total. The Morgan fingerprint density at radius 3 is 2.74 bits per heavy atom. The van der Waals surface area contributed by atoms with E-state index >= 15 is 0 Å². The SMILES string of the molecule is Cc1ccc2c(COC(=O)Cc3ccc4c(c3)CCC4)cc(=O)oc2c1C. The molecule has 0 unspecified atom stereocenters. The highest BCUT2D eigenvalue weighted by Crippen LogP contribution is 2.25. The third kappa shape index (κ3) is 3.52. The van der Waals surface area contributed by atoms with Gasteiger partial charge in [-0.05, 0) is 60.9 Å². The second kappa shape index (κ2) is 7.03. The molecule has 2 aromatic carbocycles. The Hall–Kier alpha value is -2.88. The van der Waals surface area contributed by atoms with Crippen LogP contribution < -0.4 is 5.63 Å². The number of carbonyl (C=O) groups is 1. The maximum Gasteiger partial charge on any atom is 0.336 e. The zero-order valence-electron chi connectivity index (χ0n) is 15.6. The first-order chi connectivity index (χ1) is 13.0. The molecule has 1 aromatic heterocycles. The molecule has 1 heterocycles. The lowest BCUT2D eigenvalue weighted by Gasteiger charge is -2.10. The van der Waals surface area contributed by atoms with Gasteiger partial charge in [0, 0.05) is 17.0 Å². The Morgan fingerprint density at radius 1 is 1.07 bits per heavy atom. The van der Waals surface area contributed by atoms with Gasteiger partial charge in [-0.15, -0.1) is 0 Å². The number of fused-ring (bicyclic) bond motifs is 2. The quantitative estimate of drug-likeness (QED) is 0.516. The van der Waals surface area contributed by atoms with Crippen molar-refractivity contribution in [3.63, 3.8) is 0 Å². The van der Waals surface area contributed by atoms with Crippen molar-refractivity contribution in [2.75, 3.05) is 0 Å². The van der Waals surface area contributed by atoms with E-state index in [2.05, 4.69) is 12.1 Å². The zero-order chi connectivity index (χ0) is 19.0. The molecule has 0 saturated carbocycles. The molecule has 138 valence electrons. The van der Waals surface area contributed by atoms with Crippen LogP contribution >= 0.6 is 0 Å². The molecule has 4 rings (SSSR count). The summed E-state index contributed by atoms with van der Waals surface area (Å²) >= 11 is 0. The van der Waals surface area contributed by atoms with Gasteiger partial charge in [-0.3, -0.25) is 4.79 Å². The highest BCUT2D eigenvalue weighted by molar-refractivity contribution is 5.84. The minimum absolute atomic E-state index is 0.0639. The molecule has 27 heavy (non-hydrogen) atoms. The Morgan fingerprint density at radius 2 is 1.89 bits per heavy atom. The molecule has 0 bridgehead atoms. The van der Waals surface area contributed by atoms with Gasteiger partial charge in [0.2, 0.25) is 0 Å². The summed E-state index contributed by atoms with van der Waals surface area (Å²) in [6.45, 7) is 3.96. The van der Waals surface area contributed by atoms with E-state index < -0.39 is 5.63 Å². The fraction of sp³-hybridized carbons (Fsp3) is 0.304.